The number of hydrogen-bond acceptors (Lipinski definition) is 1. The molecule has 230 valence electrons. The van der Waals surface area contributed by atoms with Crippen LogP contribution in [0.3, 0.4) is 0 Å². The predicted octanol–water partition coefficient (Wildman–Crippen LogP) is 13.1. The zero-order chi connectivity index (χ0) is 32.3. The van der Waals surface area contributed by atoms with E-state index in [0.29, 0.717) is 0 Å². The molecule has 2 aliphatic rings. The molecule has 8 aromatic rings. The summed E-state index contributed by atoms with van der Waals surface area (Å²) in [6, 6.07) is 55.2. The van der Waals surface area contributed by atoms with Crippen LogP contribution in [0, 0.1) is 5.92 Å². The van der Waals surface area contributed by atoms with Gasteiger partial charge in [0.15, 0.2) is 0 Å². The molecule has 1 heterocycles. The van der Waals surface area contributed by atoms with Gasteiger partial charge in [-0.2, -0.15) is 0 Å². The van der Waals surface area contributed by atoms with E-state index in [-0.39, 0.29) is 11.8 Å². The van der Waals surface area contributed by atoms with Crippen molar-refractivity contribution in [2.24, 2.45) is 5.92 Å². The Balaban J connectivity index is 1.14. The predicted molar refractivity (Wildman–Crippen MR) is 206 cm³/mol. The van der Waals surface area contributed by atoms with Crippen molar-refractivity contribution in [1.82, 2.24) is 0 Å². The lowest BCUT2D eigenvalue weighted by molar-refractivity contribution is 0.582. The minimum Gasteiger partial charge on any atom is -0.456 e. The van der Waals surface area contributed by atoms with Gasteiger partial charge in [-0.1, -0.05) is 140 Å². The summed E-state index contributed by atoms with van der Waals surface area (Å²) in [4.78, 5) is 0. The fraction of sp³-hybridized carbons (Fsp3) is 0.0417. The van der Waals surface area contributed by atoms with E-state index in [4.69, 9.17) is 4.42 Å². The maximum Gasteiger partial charge on any atom is 0.135 e. The van der Waals surface area contributed by atoms with Gasteiger partial charge in [-0.25, -0.2) is 0 Å². The Labute approximate surface area is 285 Å². The minimum absolute atomic E-state index is 0.239. The Hall–Kier alpha value is -6.18. The van der Waals surface area contributed by atoms with Gasteiger partial charge in [-0.3, -0.25) is 0 Å². The van der Waals surface area contributed by atoms with Crippen molar-refractivity contribution in [1.29, 1.82) is 0 Å². The zero-order valence-electron chi connectivity index (χ0n) is 26.9. The van der Waals surface area contributed by atoms with Crippen molar-refractivity contribution in [2.45, 2.75) is 5.92 Å². The molecule has 0 radical (unpaired) electrons. The van der Waals surface area contributed by atoms with Gasteiger partial charge in [0.05, 0.1) is 0 Å². The summed E-state index contributed by atoms with van der Waals surface area (Å²) in [7, 11) is 0. The Morgan fingerprint density at radius 1 is 0.388 bits per heavy atom. The van der Waals surface area contributed by atoms with Gasteiger partial charge < -0.3 is 4.42 Å². The van der Waals surface area contributed by atoms with E-state index in [9.17, 15) is 0 Å². The monoisotopic (exact) mass is 624 g/mol. The number of furan rings is 1. The molecule has 0 amide bonds. The number of benzene rings is 7. The molecular weight excluding hydrogens is 593 g/mol. The molecule has 0 spiro atoms. The van der Waals surface area contributed by atoms with Gasteiger partial charge >= 0.3 is 0 Å². The summed E-state index contributed by atoms with van der Waals surface area (Å²) in [5.74, 6) is 1.49. The molecule has 1 aromatic heterocycles. The van der Waals surface area contributed by atoms with E-state index < -0.39 is 0 Å². The number of hydrogen-bond donors (Lipinski definition) is 0. The molecule has 2 atom stereocenters. The Morgan fingerprint density at radius 3 is 1.55 bits per heavy atom. The Bertz CT molecular complexity index is 2570. The summed E-state index contributed by atoms with van der Waals surface area (Å²) in [6.45, 7) is 0. The molecular formula is C48H32O. The highest BCUT2D eigenvalue weighted by Crippen LogP contribution is 2.49. The van der Waals surface area contributed by atoms with E-state index >= 15 is 0 Å². The zero-order valence-corrected chi connectivity index (χ0v) is 26.9. The summed E-state index contributed by atoms with van der Waals surface area (Å²) in [5.41, 5.74) is 11.9. The molecule has 0 aliphatic heterocycles. The molecule has 0 fully saturated rings. The molecule has 2 aliphatic carbocycles. The smallest absolute Gasteiger partial charge is 0.135 e. The first kappa shape index (κ1) is 27.9. The first-order chi connectivity index (χ1) is 24.2. The first-order valence-electron chi connectivity index (χ1n) is 17.1. The van der Waals surface area contributed by atoms with Gasteiger partial charge in [-0.15, -0.1) is 0 Å². The fourth-order valence-electron chi connectivity index (χ4n) is 7.96. The lowest BCUT2D eigenvalue weighted by Crippen LogP contribution is -2.16. The largest absolute Gasteiger partial charge is 0.456 e. The van der Waals surface area contributed by atoms with Crippen LogP contribution >= 0.6 is 0 Å². The number of fused-ring (bicyclic) bond motifs is 7. The van der Waals surface area contributed by atoms with Gasteiger partial charge in [0.1, 0.15) is 11.3 Å². The van der Waals surface area contributed by atoms with Crippen LogP contribution in [0.25, 0.3) is 77.5 Å². The van der Waals surface area contributed by atoms with E-state index in [1.165, 1.54) is 71.4 Å². The second-order valence-corrected chi connectivity index (χ2v) is 13.3. The van der Waals surface area contributed by atoms with Gasteiger partial charge in [0, 0.05) is 22.8 Å². The minimum atomic E-state index is 0.239. The molecule has 1 heteroatoms. The topological polar surface area (TPSA) is 13.1 Å². The lowest BCUT2D eigenvalue weighted by atomic mass is 9.72. The Morgan fingerprint density at radius 2 is 0.918 bits per heavy atom. The van der Waals surface area contributed by atoms with Crippen LogP contribution in [0.5, 0.6) is 0 Å². The average Bonchev–Trinajstić information content (AvgIpc) is 3.55. The molecule has 0 saturated heterocycles. The third kappa shape index (κ3) is 4.78. The summed E-state index contributed by atoms with van der Waals surface area (Å²) < 4.78 is 6.75. The van der Waals surface area contributed by atoms with Crippen LogP contribution in [-0.2, 0) is 0 Å². The highest BCUT2D eigenvalue weighted by molar-refractivity contribution is 5.97. The van der Waals surface area contributed by atoms with Gasteiger partial charge in [-0.05, 0) is 109 Å². The lowest BCUT2D eigenvalue weighted by Gasteiger charge is -2.30. The fourth-order valence-corrected chi connectivity index (χ4v) is 7.96. The van der Waals surface area contributed by atoms with Gasteiger partial charge in [0.2, 0.25) is 0 Å². The molecule has 2 unspecified atom stereocenters. The van der Waals surface area contributed by atoms with Crippen LogP contribution in [-0.4, -0.2) is 0 Å². The molecule has 1 nitrogen and oxygen atoms in total. The van der Waals surface area contributed by atoms with Crippen molar-refractivity contribution >= 4 is 44.2 Å². The summed E-state index contributed by atoms with van der Waals surface area (Å²) in [5, 5.41) is 6.18. The molecule has 0 bridgehead atoms. The quantitative estimate of drug-likeness (QED) is 0.190. The Kier molecular flexibility index (Phi) is 6.38. The van der Waals surface area contributed by atoms with Crippen LogP contribution in [0.1, 0.15) is 22.8 Å². The third-order valence-corrected chi connectivity index (χ3v) is 10.4. The van der Waals surface area contributed by atoms with E-state index in [1.54, 1.807) is 0 Å². The molecule has 7 aromatic carbocycles. The molecule has 10 rings (SSSR count). The third-order valence-electron chi connectivity index (χ3n) is 10.4. The van der Waals surface area contributed by atoms with Crippen LogP contribution in [0.15, 0.2) is 180 Å². The molecule has 0 N–H and O–H groups in total. The maximum atomic E-state index is 6.75. The second kappa shape index (κ2) is 11.2. The van der Waals surface area contributed by atoms with E-state index in [1.807, 2.05) is 0 Å². The number of rotatable bonds is 4. The van der Waals surface area contributed by atoms with Crippen LogP contribution in [0.4, 0.5) is 0 Å². The molecule has 0 saturated carbocycles. The first-order valence-corrected chi connectivity index (χ1v) is 17.1. The normalized spacial score (nSPS) is 16.5. The van der Waals surface area contributed by atoms with Crippen molar-refractivity contribution in [3.63, 3.8) is 0 Å². The SMILES string of the molecule is C1=CC2C(c3ccccc3)=Cc3oc4cc(-c5cc(-c6ccc7ccccc7c6)cc(-c6ccc7ccccc7c6)c5)ccc4c3C2C=C1. The van der Waals surface area contributed by atoms with Crippen LogP contribution in [0.2, 0.25) is 0 Å². The highest BCUT2D eigenvalue weighted by atomic mass is 16.3. The van der Waals surface area contributed by atoms with Crippen molar-refractivity contribution in [2.75, 3.05) is 0 Å². The standard InChI is InChI=1S/C48H32O/c1-2-12-33(13-3-1)45-30-47-48(43-17-9-8-16-42(43)45)44-23-22-38(29-46(44)49-47)41-27-39(36-20-18-31-10-4-6-14-34(31)24-36)26-40(28-41)37-21-19-32-11-5-7-15-35(32)25-37/h1-30,42-43H. The summed E-state index contributed by atoms with van der Waals surface area (Å²) >= 11 is 0. The average molecular weight is 625 g/mol. The summed E-state index contributed by atoms with van der Waals surface area (Å²) in [6.07, 6.45) is 11.3. The highest BCUT2D eigenvalue weighted by Gasteiger charge is 2.34. The van der Waals surface area contributed by atoms with Gasteiger partial charge in [0.25, 0.3) is 0 Å². The van der Waals surface area contributed by atoms with Crippen molar-refractivity contribution < 1.29 is 4.42 Å². The van der Waals surface area contributed by atoms with Crippen molar-refractivity contribution in [3.8, 4) is 33.4 Å². The number of allylic oxidation sites excluding steroid dienone is 5. The van der Waals surface area contributed by atoms with Crippen LogP contribution < -0.4 is 0 Å². The van der Waals surface area contributed by atoms with Crippen molar-refractivity contribution in [3.05, 3.63) is 193 Å². The maximum absolute atomic E-state index is 6.75. The molecule has 49 heavy (non-hydrogen) atoms. The van der Waals surface area contributed by atoms with E-state index in [0.717, 1.165) is 16.9 Å². The van der Waals surface area contributed by atoms with E-state index in [2.05, 4.69) is 182 Å². The second-order valence-electron chi connectivity index (χ2n) is 13.3.